The zero-order valence-electron chi connectivity index (χ0n) is 18.8. The summed E-state index contributed by atoms with van der Waals surface area (Å²) < 4.78 is 6.23. The molecule has 8 heteroatoms. The lowest BCUT2D eigenvalue weighted by atomic mass is 9.93. The van der Waals surface area contributed by atoms with E-state index < -0.39 is 0 Å². The van der Waals surface area contributed by atoms with Crippen LogP contribution in [-0.4, -0.2) is 69.5 Å². The van der Waals surface area contributed by atoms with Gasteiger partial charge in [0.05, 0.1) is 12.6 Å². The molecule has 3 aromatic rings. The molecule has 172 valence electrons. The van der Waals surface area contributed by atoms with Crippen LogP contribution in [0.1, 0.15) is 30.0 Å². The fourth-order valence-electron chi connectivity index (χ4n) is 4.64. The normalized spacial score (nSPS) is 19.3. The molecule has 1 fully saturated rings. The highest BCUT2D eigenvalue weighted by Crippen LogP contribution is 2.33. The molecule has 1 atom stereocenters. The molecular weight excluding hydrogens is 418 g/mol. The van der Waals surface area contributed by atoms with Crippen LogP contribution >= 0.6 is 0 Å². The van der Waals surface area contributed by atoms with Crippen molar-refractivity contribution in [2.45, 2.75) is 31.4 Å². The minimum atomic E-state index is -0.245. The van der Waals surface area contributed by atoms with Crippen molar-refractivity contribution in [3.05, 3.63) is 59.7 Å². The number of hydrogen-bond donors (Lipinski definition) is 2. The van der Waals surface area contributed by atoms with E-state index in [1.807, 2.05) is 23.1 Å². The van der Waals surface area contributed by atoms with Crippen molar-refractivity contribution < 1.29 is 14.9 Å². The number of aliphatic hydroxyl groups is 1. The molecule has 0 spiro atoms. The Bertz CT molecular complexity index is 1120. The van der Waals surface area contributed by atoms with E-state index in [1.54, 1.807) is 18.2 Å². The Morgan fingerprint density at radius 1 is 1.00 bits per heavy atom. The SMILES string of the molecule is CN1CCC(Oc2nc(-c3cccc(O)c3)nc(N3CCc4ccccc4C3CO)n2)CC1. The van der Waals surface area contributed by atoms with Gasteiger partial charge in [-0.1, -0.05) is 36.4 Å². The highest BCUT2D eigenvalue weighted by atomic mass is 16.5. The van der Waals surface area contributed by atoms with Crippen LogP contribution < -0.4 is 9.64 Å². The molecule has 2 aromatic carbocycles. The summed E-state index contributed by atoms with van der Waals surface area (Å²) in [6, 6.07) is 15.1. The molecule has 0 radical (unpaired) electrons. The molecule has 33 heavy (non-hydrogen) atoms. The Balaban J connectivity index is 1.52. The van der Waals surface area contributed by atoms with Crippen LogP contribution in [0.2, 0.25) is 0 Å². The summed E-state index contributed by atoms with van der Waals surface area (Å²) in [6.45, 7) is 2.57. The van der Waals surface area contributed by atoms with Gasteiger partial charge in [-0.15, -0.1) is 0 Å². The first-order chi connectivity index (χ1) is 16.1. The molecule has 0 amide bonds. The van der Waals surface area contributed by atoms with Crippen LogP contribution in [-0.2, 0) is 6.42 Å². The lowest BCUT2D eigenvalue weighted by Crippen LogP contribution is -2.39. The van der Waals surface area contributed by atoms with Gasteiger partial charge in [0.15, 0.2) is 5.82 Å². The first-order valence-corrected chi connectivity index (χ1v) is 11.5. The fraction of sp³-hybridized carbons (Fsp3) is 0.400. The number of phenols is 1. The van der Waals surface area contributed by atoms with E-state index in [0.717, 1.165) is 37.9 Å². The van der Waals surface area contributed by atoms with Crippen molar-refractivity contribution in [3.63, 3.8) is 0 Å². The number of phenolic OH excluding ortho intramolecular Hbond substituents is 1. The van der Waals surface area contributed by atoms with Gasteiger partial charge in [0.25, 0.3) is 0 Å². The van der Waals surface area contributed by atoms with Crippen LogP contribution in [0.4, 0.5) is 5.95 Å². The standard InChI is InChI=1S/C25H29N5O3/c1-29-12-10-20(11-13-29)33-25-27-23(18-6-4-7-19(32)15-18)26-24(28-25)30-14-9-17-5-2-3-8-21(17)22(30)16-31/h2-8,15,20,22,31-32H,9-14,16H2,1H3. The molecule has 2 aliphatic rings. The minimum absolute atomic E-state index is 0.0456. The monoisotopic (exact) mass is 447 g/mol. The van der Waals surface area contributed by atoms with Crippen molar-refractivity contribution in [3.8, 4) is 23.1 Å². The maximum absolute atomic E-state index is 10.3. The number of anilines is 1. The second kappa shape index (κ2) is 9.33. The van der Waals surface area contributed by atoms with E-state index in [-0.39, 0.29) is 30.5 Å². The van der Waals surface area contributed by atoms with E-state index in [9.17, 15) is 10.2 Å². The van der Waals surface area contributed by atoms with E-state index >= 15 is 0 Å². The van der Waals surface area contributed by atoms with Crippen molar-refractivity contribution >= 4 is 5.95 Å². The minimum Gasteiger partial charge on any atom is -0.508 e. The number of hydrogen-bond acceptors (Lipinski definition) is 8. The predicted molar refractivity (Wildman–Crippen MR) is 125 cm³/mol. The van der Waals surface area contributed by atoms with Crippen molar-refractivity contribution in [1.29, 1.82) is 0 Å². The highest BCUT2D eigenvalue weighted by molar-refractivity contribution is 5.59. The lowest BCUT2D eigenvalue weighted by molar-refractivity contribution is 0.105. The second-order valence-corrected chi connectivity index (χ2v) is 8.75. The van der Waals surface area contributed by atoms with Crippen LogP contribution in [0.3, 0.4) is 0 Å². The summed E-state index contributed by atoms with van der Waals surface area (Å²) in [5.41, 5.74) is 3.01. The number of aromatic nitrogens is 3. The molecule has 0 bridgehead atoms. The number of rotatable bonds is 5. The second-order valence-electron chi connectivity index (χ2n) is 8.75. The number of aliphatic hydroxyl groups excluding tert-OH is 1. The molecule has 5 rings (SSSR count). The summed E-state index contributed by atoms with van der Waals surface area (Å²) in [5.74, 6) is 1.06. The Morgan fingerprint density at radius 2 is 1.82 bits per heavy atom. The van der Waals surface area contributed by atoms with E-state index in [4.69, 9.17) is 9.72 Å². The third kappa shape index (κ3) is 4.62. The maximum atomic E-state index is 10.3. The van der Waals surface area contributed by atoms with Crippen molar-refractivity contribution in [1.82, 2.24) is 19.9 Å². The first kappa shape index (κ1) is 21.6. The average molecular weight is 448 g/mol. The predicted octanol–water partition coefficient (Wildman–Crippen LogP) is 2.81. The smallest absolute Gasteiger partial charge is 0.322 e. The number of fused-ring (bicyclic) bond motifs is 1. The summed E-state index contributed by atoms with van der Waals surface area (Å²) in [5, 5.41) is 20.3. The summed E-state index contributed by atoms with van der Waals surface area (Å²) in [4.78, 5) is 18.3. The van der Waals surface area contributed by atoms with Gasteiger partial charge in [-0.2, -0.15) is 15.0 Å². The Hall–Kier alpha value is -3.23. The van der Waals surface area contributed by atoms with Gasteiger partial charge in [0, 0.05) is 25.2 Å². The molecular formula is C25H29N5O3. The first-order valence-electron chi connectivity index (χ1n) is 11.5. The number of likely N-dealkylation sites (tertiary alicyclic amines) is 1. The lowest BCUT2D eigenvalue weighted by Gasteiger charge is -2.36. The zero-order chi connectivity index (χ0) is 22.8. The van der Waals surface area contributed by atoms with E-state index in [1.165, 1.54) is 5.56 Å². The zero-order valence-corrected chi connectivity index (χ0v) is 18.8. The summed E-state index contributed by atoms with van der Waals surface area (Å²) >= 11 is 0. The van der Waals surface area contributed by atoms with Gasteiger partial charge < -0.3 is 24.7 Å². The molecule has 0 aliphatic carbocycles. The van der Waals surface area contributed by atoms with Crippen LogP contribution in [0.15, 0.2) is 48.5 Å². The van der Waals surface area contributed by atoms with Gasteiger partial charge >= 0.3 is 6.01 Å². The molecule has 1 saturated heterocycles. The Kier molecular flexibility index (Phi) is 6.11. The molecule has 1 aromatic heterocycles. The van der Waals surface area contributed by atoms with Gasteiger partial charge in [0.1, 0.15) is 11.9 Å². The molecule has 3 heterocycles. The maximum Gasteiger partial charge on any atom is 0.322 e. The van der Waals surface area contributed by atoms with Gasteiger partial charge in [-0.05, 0) is 49.6 Å². The number of ether oxygens (including phenoxy) is 1. The fourth-order valence-corrected chi connectivity index (χ4v) is 4.64. The molecule has 8 nitrogen and oxygen atoms in total. The van der Waals surface area contributed by atoms with Crippen LogP contribution in [0.25, 0.3) is 11.4 Å². The number of piperidine rings is 1. The van der Waals surface area contributed by atoms with E-state index in [0.29, 0.717) is 23.9 Å². The Labute approximate surface area is 193 Å². The average Bonchev–Trinajstić information content (AvgIpc) is 2.84. The Morgan fingerprint density at radius 3 is 2.61 bits per heavy atom. The quantitative estimate of drug-likeness (QED) is 0.617. The third-order valence-electron chi connectivity index (χ3n) is 6.49. The largest absolute Gasteiger partial charge is 0.508 e. The van der Waals surface area contributed by atoms with Gasteiger partial charge in [-0.3, -0.25) is 0 Å². The van der Waals surface area contributed by atoms with Crippen molar-refractivity contribution in [2.75, 3.05) is 38.2 Å². The van der Waals surface area contributed by atoms with E-state index in [2.05, 4.69) is 34.0 Å². The van der Waals surface area contributed by atoms with Crippen LogP contribution in [0.5, 0.6) is 11.8 Å². The number of nitrogens with zero attached hydrogens (tertiary/aromatic N) is 5. The van der Waals surface area contributed by atoms with Crippen LogP contribution in [0, 0.1) is 0 Å². The topological polar surface area (TPSA) is 94.8 Å². The van der Waals surface area contributed by atoms with Crippen molar-refractivity contribution in [2.24, 2.45) is 0 Å². The summed E-state index contributed by atoms with van der Waals surface area (Å²) in [6.07, 6.45) is 2.71. The third-order valence-corrected chi connectivity index (χ3v) is 6.49. The number of aromatic hydroxyl groups is 1. The van der Waals surface area contributed by atoms with Gasteiger partial charge in [-0.25, -0.2) is 0 Å². The molecule has 1 unspecified atom stereocenters. The molecule has 2 N–H and O–H groups in total. The molecule has 0 saturated carbocycles. The number of benzene rings is 2. The summed E-state index contributed by atoms with van der Waals surface area (Å²) in [7, 11) is 2.11. The highest BCUT2D eigenvalue weighted by Gasteiger charge is 2.30. The van der Waals surface area contributed by atoms with Gasteiger partial charge in [0.2, 0.25) is 5.95 Å². The molecule has 2 aliphatic heterocycles.